The maximum absolute atomic E-state index is 13.0. The van der Waals surface area contributed by atoms with E-state index in [0.29, 0.717) is 17.9 Å². The number of hydrogen-bond donors (Lipinski definition) is 1. The minimum atomic E-state index is 0.0616. The van der Waals surface area contributed by atoms with E-state index in [9.17, 15) is 4.79 Å². The van der Waals surface area contributed by atoms with Gasteiger partial charge in [-0.15, -0.1) is 0 Å². The number of nitrogens with one attached hydrogen (secondary N) is 1. The maximum Gasteiger partial charge on any atom is 0.229 e. The summed E-state index contributed by atoms with van der Waals surface area (Å²) < 4.78 is 10.7. The minimum Gasteiger partial charge on any atom is -0.493 e. The van der Waals surface area contributed by atoms with Crippen LogP contribution in [0, 0.1) is 0 Å². The van der Waals surface area contributed by atoms with E-state index in [-0.39, 0.29) is 11.9 Å². The molecule has 1 fully saturated rings. The molecule has 1 aliphatic rings. The van der Waals surface area contributed by atoms with Gasteiger partial charge in [0, 0.05) is 11.9 Å². The molecule has 1 atom stereocenters. The molecular formula is C21H23N3O3. The van der Waals surface area contributed by atoms with Crippen LogP contribution in [0.15, 0.2) is 42.5 Å². The third-order valence-electron chi connectivity index (χ3n) is 5.23. The summed E-state index contributed by atoms with van der Waals surface area (Å²) in [6, 6.07) is 13.8. The number of carbonyl (C=O) groups is 1. The monoisotopic (exact) mass is 365 g/mol. The van der Waals surface area contributed by atoms with E-state index in [0.717, 1.165) is 41.5 Å². The van der Waals surface area contributed by atoms with Gasteiger partial charge in [0.1, 0.15) is 0 Å². The normalized spacial score (nSPS) is 16.7. The first-order valence-corrected chi connectivity index (χ1v) is 9.14. The largest absolute Gasteiger partial charge is 0.493 e. The number of amides is 1. The number of likely N-dealkylation sites (tertiary alicyclic amines) is 1. The van der Waals surface area contributed by atoms with Crippen LogP contribution >= 0.6 is 0 Å². The fourth-order valence-electron chi connectivity index (χ4n) is 3.87. The number of fused-ring (bicyclic) bond motifs is 1. The number of benzene rings is 2. The smallest absolute Gasteiger partial charge is 0.229 e. The Bertz CT molecular complexity index is 966. The summed E-state index contributed by atoms with van der Waals surface area (Å²) in [7, 11) is 3.25. The molecule has 6 heteroatoms. The summed E-state index contributed by atoms with van der Waals surface area (Å²) in [6.07, 6.45) is 2.27. The molecule has 0 radical (unpaired) electrons. The second-order valence-electron chi connectivity index (χ2n) is 6.76. The van der Waals surface area contributed by atoms with Crippen molar-refractivity contribution in [2.75, 3.05) is 20.8 Å². The zero-order chi connectivity index (χ0) is 18.8. The molecular weight excluding hydrogens is 342 g/mol. The number of aromatic nitrogens is 2. The molecule has 2 heterocycles. The van der Waals surface area contributed by atoms with Crippen LogP contribution in [0.2, 0.25) is 0 Å². The molecule has 1 amide bonds. The number of methoxy groups -OCH3 is 2. The molecule has 0 aliphatic carbocycles. The van der Waals surface area contributed by atoms with Crippen LogP contribution in [0.1, 0.15) is 30.1 Å². The summed E-state index contributed by atoms with van der Waals surface area (Å²) in [5.74, 6) is 1.50. The number of hydrogen-bond acceptors (Lipinski definition) is 4. The summed E-state index contributed by atoms with van der Waals surface area (Å²) in [6.45, 7) is 0.768. The number of H-pyrrole nitrogens is 1. The lowest BCUT2D eigenvalue weighted by Gasteiger charge is -2.25. The second-order valence-corrected chi connectivity index (χ2v) is 6.76. The van der Waals surface area contributed by atoms with E-state index in [1.807, 2.05) is 47.4 Å². The highest BCUT2D eigenvalue weighted by atomic mass is 16.5. The van der Waals surface area contributed by atoms with Crippen LogP contribution in [0.4, 0.5) is 0 Å². The second kappa shape index (κ2) is 7.31. The fraction of sp³-hybridized carbons (Fsp3) is 0.333. The van der Waals surface area contributed by atoms with Crippen LogP contribution in [-0.2, 0) is 11.2 Å². The predicted molar refractivity (Wildman–Crippen MR) is 103 cm³/mol. The molecule has 1 N–H and O–H groups in total. The molecule has 1 aromatic heterocycles. The maximum atomic E-state index is 13.0. The fourth-order valence-corrected chi connectivity index (χ4v) is 3.87. The number of rotatable bonds is 5. The van der Waals surface area contributed by atoms with Crippen LogP contribution in [0.25, 0.3) is 10.9 Å². The van der Waals surface area contributed by atoms with Crippen molar-refractivity contribution in [3.05, 3.63) is 53.7 Å². The van der Waals surface area contributed by atoms with E-state index in [1.165, 1.54) is 0 Å². The van der Waals surface area contributed by atoms with Crippen LogP contribution < -0.4 is 9.47 Å². The average molecular weight is 365 g/mol. The zero-order valence-corrected chi connectivity index (χ0v) is 15.6. The van der Waals surface area contributed by atoms with Gasteiger partial charge in [0.25, 0.3) is 0 Å². The van der Waals surface area contributed by atoms with E-state index < -0.39 is 0 Å². The molecule has 3 aromatic rings. The third kappa shape index (κ3) is 3.23. The molecule has 0 unspecified atom stereocenters. The Morgan fingerprint density at radius 3 is 2.81 bits per heavy atom. The van der Waals surface area contributed by atoms with Crippen molar-refractivity contribution >= 4 is 16.8 Å². The predicted octanol–water partition coefficient (Wildman–Crippen LogP) is 3.49. The standard InChI is InChI=1S/C21H23N3O3/c1-26-19-10-9-14(12-20(19)27-2)18-8-5-11-24(18)21(25)13-17-15-6-3-4-7-16(15)22-23-17/h3-4,6-7,9-10,12,18H,5,8,11,13H2,1-2H3,(H,22,23)/t18-/m1/s1. The van der Waals surface area contributed by atoms with Gasteiger partial charge in [-0.1, -0.05) is 24.3 Å². The van der Waals surface area contributed by atoms with E-state index in [1.54, 1.807) is 14.2 Å². The summed E-state index contributed by atoms with van der Waals surface area (Å²) in [5.41, 5.74) is 2.83. The Hall–Kier alpha value is -3.02. The molecule has 1 saturated heterocycles. The Kier molecular flexibility index (Phi) is 4.71. The molecule has 1 aliphatic heterocycles. The van der Waals surface area contributed by atoms with Gasteiger partial charge in [-0.2, -0.15) is 5.10 Å². The lowest BCUT2D eigenvalue weighted by atomic mass is 10.0. The van der Waals surface area contributed by atoms with Gasteiger partial charge in [0.2, 0.25) is 5.91 Å². The lowest BCUT2D eigenvalue weighted by Crippen LogP contribution is -2.32. The summed E-state index contributed by atoms with van der Waals surface area (Å²) in [5, 5.41) is 8.32. The van der Waals surface area contributed by atoms with Crippen molar-refractivity contribution < 1.29 is 14.3 Å². The average Bonchev–Trinajstić information content (AvgIpc) is 3.35. The Balaban J connectivity index is 1.57. The Labute approximate surface area is 158 Å². The number of aromatic amines is 1. The summed E-state index contributed by atoms with van der Waals surface area (Å²) >= 11 is 0. The van der Waals surface area contributed by atoms with Gasteiger partial charge < -0.3 is 14.4 Å². The van der Waals surface area contributed by atoms with E-state index in [4.69, 9.17) is 9.47 Å². The lowest BCUT2D eigenvalue weighted by molar-refractivity contribution is -0.131. The highest BCUT2D eigenvalue weighted by Gasteiger charge is 2.31. The van der Waals surface area contributed by atoms with Crippen molar-refractivity contribution in [1.82, 2.24) is 15.1 Å². The zero-order valence-electron chi connectivity index (χ0n) is 15.6. The van der Waals surface area contributed by atoms with Crippen molar-refractivity contribution in [3.8, 4) is 11.5 Å². The van der Waals surface area contributed by atoms with Crippen molar-refractivity contribution in [2.24, 2.45) is 0 Å². The number of carbonyl (C=O) groups excluding carboxylic acids is 1. The van der Waals surface area contributed by atoms with E-state index in [2.05, 4.69) is 10.2 Å². The summed E-state index contributed by atoms with van der Waals surface area (Å²) in [4.78, 5) is 15.0. The third-order valence-corrected chi connectivity index (χ3v) is 5.23. The molecule has 27 heavy (non-hydrogen) atoms. The Morgan fingerprint density at radius 2 is 2.00 bits per heavy atom. The highest BCUT2D eigenvalue weighted by Crippen LogP contribution is 2.37. The van der Waals surface area contributed by atoms with Gasteiger partial charge >= 0.3 is 0 Å². The topological polar surface area (TPSA) is 67.5 Å². The number of para-hydroxylation sites is 1. The van der Waals surface area contributed by atoms with Gasteiger partial charge in [0.15, 0.2) is 11.5 Å². The quantitative estimate of drug-likeness (QED) is 0.752. The molecule has 0 bridgehead atoms. The molecule has 2 aromatic carbocycles. The molecule has 0 spiro atoms. The van der Waals surface area contributed by atoms with Gasteiger partial charge in [-0.05, 0) is 36.6 Å². The van der Waals surface area contributed by atoms with E-state index >= 15 is 0 Å². The molecule has 4 rings (SSSR count). The Morgan fingerprint density at radius 1 is 1.19 bits per heavy atom. The molecule has 0 saturated carbocycles. The first-order chi connectivity index (χ1) is 13.2. The number of nitrogens with zero attached hydrogens (tertiary/aromatic N) is 2. The van der Waals surface area contributed by atoms with Crippen molar-refractivity contribution in [3.63, 3.8) is 0 Å². The van der Waals surface area contributed by atoms with Gasteiger partial charge in [0.05, 0.1) is 37.9 Å². The van der Waals surface area contributed by atoms with Gasteiger partial charge in [-0.25, -0.2) is 0 Å². The highest BCUT2D eigenvalue weighted by molar-refractivity contribution is 5.87. The minimum absolute atomic E-state index is 0.0616. The molecule has 6 nitrogen and oxygen atoms in total. The van der Waals surface area contributed by atoms with Gasteiger partial charge in [-0.3, -0.25) is 9.89 Å². The van der Waals surface area contributed by atoms with Crippen molar-refractivity contribution in [2.45, 2.75) is 25.3 Å². The van der Waals surface area contributed by atoms with Crippen LogP contribution in [0.5, 0.6) is 11.5 Å². The van der Waals surface area contributed by atoms with Crippen LogP contribution in [0.3, 0.4) is 0 Å². The van der Waals surface area contributed by atoms with Crippen LogP contribution in [-0.4, -0.2) is 41.8 Å². The first kappa shape index (κ1) is 17.4. The number of ether oxygens (including phenoxy) is 2. The SMILES string of the molecule is COc1ccc([C@H]2CCCN2C(=O)Cc2[nH]nc3ccccc23)cc1OC. The molecule has 140 valence electrons. The van der Waals surface area contributed by atoms with Crippen molar-refractivity contribution in [1.29, 1.82) is 0 Å². The first-order valence-electron chi connectivity index (χ1n) is 9.14.